The van der Waals surface area contributed by atoms with Gasteiger partial charge in [0.05, 0.1) is 11.8 Å². The molecular weight excluding hydrogens is 316 g/mol. The first-order valence-electron chi connectivity index (χ1n) is 8.87. The minimum atomic E-state index is -0.879. The van der Waals surface area contributed by atoms with Gasteiger partial charge in [0.2, 0.25) is 0 Å². The van der Waals surface area contributed by atoms with Crippen LogP contribution in [0.15, 0.2) is 36.7 Å². The molecule has 0 bridgehead atoms. The first-order chi connectivity index (χ1) is 12.0. The van der Waals surface area contributed by atoms with Gasteiger partial charge in [0.25, 0.3) is 0 Å². The number of nitrogens with zero attached hydrogens (tertiary/aromatic N) is 3. The summed E-state index contributed by atoms with van der Waals surface area (Å²) in [5, 5.41) is 17.0. The molecule has 134 valence electrons. The van der Waals surface area contributed by atoms with E-state index in [2.05, 4.69) is 35.4 Å². The molecule has 1 fully saturated rings. The van der Waals surface area contributed by atoms with Gasteiger partial charge >= 0.3 is 5.97 Å². The van der Waals surface area contributed by atoms with Crippen LogP contribution in [0.25, 0.3) is 0 Å². The number of hydrogen-bond acceptors (Lipinski definition) is 4. The zero-order chi connectivity index (χ0) is 17.8. The minimum absolute atomic E-state index is 0.335. The molecule has 0 radical (unpaired) electrons. The third kappa shape index (κ3) is 4.39. The molecule has 6 heteroatoms. The zero-order valence-corrected chi connectivity index (χ0v) is 14.9. The Morgan fingerprint density at radius 3 is 2.52 bits per heavy atom. The number of carbonyl (C=O) groups is 1. The molecule has 0 atom stereocenters. The van der Waals surface area contributed by atoms with E-state index in [1.165, 1.54) is 5.56 Å². The van der Waals surface area contributed by atoms with Crippen LogP contribution in [-0.4, -0.2) is 40.0 Å². The van der Waals surface area contributed by atoms with Crippen LogP contribution in [0, 0.1) is 0 Å². The number of anilines is 1. The Bertz CT molecular complexity index is 700. The number of benzene rings is 1. The summed E-state index contributed by atoms with van der Waals surface area (Å²) in [6.45, 7) is 7.07. The van der Waals surface area contributed by atoms with Crippen molar-refractivity contribution in [2.45, 2.75) is 45.3 Å². The molecule has 1 aromatic heterocycles. The second-order valence-electron chi connectivity index (χ2n) is 6.92. The van der Waals surface area contributed by atoms with E-state index in [4.69, 9.17) is 5.11 Å². The summed E-state index contributed by atoms with van der Waals surface area (Å²) < 4.78 is 1.99. The van der Waals surface area contributed by atoms with Crippen LogP contribution in [0.4, 0.5) is 5.69 Å². The van der Waals surface area contributed by atoms with Crippen molar-refractivity contribution < 1.29 is 9.90 Å². The Balaban J connectivity index is 1.47. The van der Waals surface area contributed by atoms with Crippen molar-refractivity contribution >= 4 is 11.7 Å². The highest BCUT2D eigenvalue weighted by Crippen LogP contribution is 2.21. The van der Waals surface area contributed by atoms with Crippen LogP contribution in [0.2, 0.25) is 0 Å². The van der Waals surface area contributed by atoms with Crippen molar-refractivity contribution in [2.24, 2.45) is 0 Å². The summed E-state index contributed by atoms with van der Waals surface area (Å²) >= 11 is 0. The summed E-state index contributed by atoms with van der Waals surface area (Å²) in [5.74, 6) is -0.879. The fourth-order valence-electron chi connectivity index (χ4n) is 3.17. The van der Waals surface area contributed by atoms with E-state index in [0.717, 1.165) is 38.2 Å². The number of nitrogens with one attached hydrogen (secondary N) is 1. The molecule has 1 aromatic carbocycles. The molecule has 0 amide bonds. The van der Waals surface area contributed by atoms with E-state index in [0.29, 0.717) is 17.6 Å². The molecule has 1 aliphatic rings. The average Bonchev–Trinajstić information content (AvgIpc) is 3.10. The highest BCUT2D eigenvalue weighted by Gasteiger charge is 2.19. The summed E-state index contributed by atoms with van der Waals surface area (Å²) in [4.78, 5) is 13.3. The van der Waals surface area contributed by atoms with Crippen molar-refractivity contribution in [3.63, 3.8) is 0 Å². The Kier molecular flexibility index (Phi) is 5.38. The first kappa shape index (κ1) is 17.5. The van der Waals surface area contributed by atoms with Crippen LogP contribution >= 0.6 is 0 Å². The van der Waals surface area contributed by atoms with Gasteiger partial charge in [0, 0.05) is 49.2 Å². The molecule has 0 saturated carbocycles. The number of aromatic carboxylic acids is 1. The predicted octanol–water partition coefficient (Wildman–Crippen LogP) is 2.92. The molecule has 0 unspecified atom stereocenters. The molecule has 2 N–H and O–H groups in total. The third-order valence-electron chi connectivity index (χ3n) is 4.75. The van der Waals surface area contributed by atoms with Crippen molar-refractivity contribution in [3.05, 3.63) is 47.8 Å². The lowest BCUT2D eigenvalue weighted by molar-refractivity contribution is 0.0697. The quantitative estimate of drug-likeness (QED) is 0.845. The molecule has 3 rings (SSSR count). The minimum Gasteiger partial charge on any atom is -0.478 e. The van der Waals surface area contributed by atoms with Gasteiger partial charge in [0.1, 0.15) is 0 Å². The highest BCUT2D eigenvalue weighted by molar-refractivity contribution is 5.88. The lowest BCUT2D eigenvalue weighted by Crippen LogP contribution is -2.42. The van der Waals surface area contributed by atoms with E-state index in [1.807, 2.05) is 23.0 Å². The lowest BCUT2D eigenvalue weighted by atomic mass is 10.0. The Morgan fingerprint density at radius 2 is 1.96 bits per heavy atom. The molecule has 0 spiro atoms. The number of carboxylic acid groups (broad SMARTS) is 1. The van der Waals surface area contributed by atoms with E-state index < -0.39 is 5.97 Å². The maximum atomic E-state index is 10.9. The van der Waals surface area contributed by atoms with Gasteiger partial charge in [-0.25, -0.2) is 4.79 Å². The molecule has 25 heavy (non-hydrogen) atoms. The zero-order valence-electron chi connectivity index (χ0n) is 14.9. The van der Waals surface area contributed by atoms with E-state index in [-0.39, 0.29) is 0 Å². The fourth-order valence-corrected chi connectivity index (χ4v) is 3.17. The van der Waals surface area contributed by atoms with Crippen LogP contribution in [0.1, 0.15) is 48.7 Å². The van der Waals surface area contributed by atoms with Gasteiger partial charge in [0.15, 0.2) is 0 Å². The van der Waals surface area contributed by atoms with Gasteiger partial charge < -0.3 is 15.3 Å². The summed E-state index contributed by atoms with van der Waals surface area (Å²) in [6, 6.07) is 8.05. The number of rotatable bonds is 6. The third-order valence-corrected chi connectivity index (χ3v) is 4.75. The van der Waals surface area contributed by atoms with Crippen molar-refractivity contribution in [1.82, 2.24) is 15.1 Å². The smallest absolute Gasteiger partial charge is 0.335 e. The normalized spacial score (nSPS) is 15.7. The van der Waals surface area contributed by atoms with Crippen molar-refractivity contribution in [3.8, 4) is 0 Å². The molecule has 2 aromatic rings. The number of piperidine rings is 1. The second kappa shape index (κ2) is 7.70. The Hall–Kier alpha value is -2.34. The van der Waals surface area contributed by atoms with E-state index >= 15 is 0 Å². The lowest BCUT2D eigenvalue weighted by Gasteiger charge is -2.34. The van der Waals surface area contributed by atoms with Crippen molar-refractivity contribution in [2.75, 3.05) is 18.0 Å². The van der Waals surface area contributed by atoms with Crippen LogP contribution in [0.5, 0.6) is 0 Å². The number of aromatic nitrogens is 2. The van der Waals surface area contributed by atoms with Gasteiger partial charge in [-0.05, 0) is 51.0 Å². The Labute approximate surface area is 148 Å². The Morgan fingerprint density at radius 1 is 1.28 bits per heavy atom. The molecular formula is C19H26N4O2. The highest BCUT2D eigenvalue weighted by atomic mass is 16.4. The number of hydrogen-bond donors (Lipinski definition) is 2. The van der Waals surface area contributed by atoms with E-state index in [1.54, 1.807) is 12.1 Å². The van der Waals surface area contributed by atoms with Gasteiger partial charge in [-0.2, -0.15) is 5.10 Å². The second-order valence-corrected chi connectivity index (χ2v) is 6.92. The molecule has 0 aliphatic carbocycles. The monoisotopic (exact) mass is 342 g/mol. The largest absolute Gasteiger partial charge is 0.478 e. The topological polar surface area (TPSA) is 70.4 Å². The standard InChI is InChI=1S/C19H26N4O2/c1-14(2)23-13-15(12-21-23)11-20-17-7-9-22(10-8-17)18-5-3-16(4-6-18)19(24)25/h3-6,12-14,17,20H,7-11H2,1-2H3,(H,24,25). The fraction of sp³-hybridized carbons (Fsp3) is 0.474. The van der Waals surface area contributed by atoms with Crippen LogP contribution in [0.3, 0.4) is 0 Å². The maximum Gasteiger partial charge on any atom is 0.335 e. The molecule has 2 heterocycles. The molecule has 1 aliphatic heterocycles. The van der Waals surface area contributed by atoms with E-state index in [9.17, 15) is 4.79 Å². The average molecular weight is 342 g/mol. The van der Waals surface area contributed by atoms with Gasteiger partial charge in [-0.3, -0.25) is 4.68 Å². The van der Waals surface area contributed by atoms with Crippen molar-refractivity contribution in [1.29, 1.82) is 0 Å². The summed E-state index contributed by atoms with van der Waals surface area (Å²) in [5.41, 5.74) is 2.66. The number of carboxylic acids is 1. The van der Waals surface area contributed by atoms with Crippen LogP contribution in [-0.2, 0) is 6.54 Å². The summed E-state index contributed by atoms with van der Waals surface area (Å²) in [7, 11) is 0. The molecule has 1 saturated heterocycles. The SMILES string of the molecule is CC(C)n1cc(CNC2CCN(c3ccc(C(=O)O)cc3)CC2)cn1. The van der Waals surface area contributed by atoms with Gasteiger partial charge in [-0.15, -0.1) is 0 Å². The maximum absolute atomic E-state index is 10.9. The predicted molar refractivity (Wildman–Crippen MR) is 98.1 cm³/mol. The first-order valence-corrected chi connectivity index (χ1v) is 8.87. The summed E-state index contributed by atoms with van der Waals surface area (Å²) in [6.07, 6.45) is 6.21. The molecule has 6 nitrogen and oxygen atoms in total. The van der Waals surface area contributed by atoms with Crippen LogP contribution < -0.4 is 10.2 Å². The van der Waals surface area contributed by atoms with Gasteiger partial charge in [-0.1, -0.05) is 0 Å².